The Morgan fingerprint density at radius 3 is 2.67 bits per heavy atom. The van der Waals surface area contributed by atoms with Crippen molar-refractivity contribution in [3.8, 4) is 0 Å². The van der Waals surface area contributed by atoms with Crippen molar-refractivity contribution in [2.24, 2.45) is 0 Å². The van der Waals surface area contributed by atoms with Crippen LogP contribution >= 0.6 is 0 Å². The second kappa shape index (κ2) is 10.2. The fraction of sp³-hybridized carbons (Fsp3) is 0.478. The molecule has 30 heavy (non-hydrogen) atoms. The van der Waals surface area contributed by atoms with Gasteiger partial charge in [0.15, 0.2) is 5.82 Å². The van der Waals surface area contributed by atoms with Crippen LogP contribution in [-0.2, 0) is 16.0 Å². The van der Waals surface area contributed by atoms with Crippen molar-refractivity contribution in [2.45, 2.75) is 52.4 Å². The van der Waals surface area contributed by atoms with E-state index in [0.29, 0.717) is 35.9 Å². The predicted molar refractivity (Wildman–Crippen MR) is 117 cm³/mol. The minimum atomic E-state index is -0.293. The van der Waals surface area contributed by atoms with Crippen molar-refractivity contribution in [2.75, 3.05) is 30.0 Å². The van der Waals surface area contributed by atoms with E-state index in [9.17, 15) is 9.59 Å². The molecule has 0 aromatic carbocycles. The molecule has 1 aliphatic heterocycles. The predicted octanol–water partition coefficient (Wildman–Crippen LogP) is 4.28. The highest BCUT2D eigenvalue weighted by Crippen LogP contribution is 2.37. The second-order valence-electron chi connectivity index (χ2n) is 7.48. The third kappa shape index (κ3) is 4.78. The molecule has 7 heteroatoms. The van der Waals surface area contributed by atoms with Gasteiger partial charge in [0.05, 0.1) is 24.3 Å². The van der Waals surface area contributed by atoms with E-state index in [4.69, 9.17) is 4.74 Å². The number of hydrogen-bond donors (Lipinski definition) is 0. The molecule has 2 aromatic rings. The minimum absolute atomic E-state index is 0.101. The Labute approximate surface area is 178 Å². The van der Waals surface area contributed by atoms with E-state index >= 15 is 0 Å². The van der Waals surface area contributed by atoms with Crippen LogP contribution in [-0.4, -0.2) is 42.0 Å². The number of ether oxygens (including phenoxy) is 1. The lowest BCUT2D eigenvalue weighted by atomic mass is 10.1. The number of anilines is 3. The molecule has 1 aliphatic rings. The van der Waals surface area contributed by atoms with E-state index in [0.717, 1.165) is 18.5 Å². The molecule has 0 aliphatic carbocycles. The van der Waals surface area contributed by atoms with Gasteiger partial charge < -0.3 is 14.5 Å². The summed E-state index contributed by atoms with van der Waals surface area (Å²) in [6, 6.07) is 5.43. The monoisotopic (exact) mass is 410 g/mol. The summed E-state index contributed by atoms with van der Waals surface area (Å²) in [7, 11) is 1.73. The average molecular weight is 411 g/mol. The first-order valence-corrected chi connectivity index (χ1v) is 10.7. The Hall–Kier alpha value is -2.96. The molecule has 0 saturated carbocycles. The largest absolute Gasteiger partial charge is 0.465 e. The number of carbonyl (C=O) groups is 2. The van der Waals surface area contributed by atoms with Gasteiger partial charge >= 0.3 is 5.97 Å². The maximum absolute atomic E-state index is 13.1. The number of pyridine rings is 2. The van der Waals surface area contributed by atoms with Crippen LogP contribution in [0, 0.1) is 0 Å². The van der Waals surface area contributed by atoms with Crippen LogP contribution < -0.4 is 9.80 Å². The van der Waals surface area contributed by atoms with E-state index in [1.807, 2.05) is 24.0 Å². The first-order valence-electron chi connectivity index (χ1n) is 10.7. The van der Waals surface area contributed by atoms with Crippen molar-refractivity contribution in [1.29, 1.82) is 0 Å². The summed E-state index contributed by atoms with van der Waals surface area (Å²) >= 11 is 0. The molecule has 0 radical (unpaired) electrons. The van der Waals surface area contributed by atoms with Gasteiger partial charge in [-0.25, -0.2) is 9.97 Å². The second-order valence-corrected chi connectivity index (χ2v) is 7.48. The van der Waals surface area contributed by atoms with Crippen LogP contribution in [0.5, 0.6) is 0 Å². The molecule has 1 amide bonds. The molecule has 0 N–H and O–H groups in total. The Bertz CT molecular complexity index is 900. The molecular weight excluding hydrogens is 380 g/mol. The third-order valence-corrected chi connectivity index (χ3v) is 5.27. The van der Waals surface area contributed by atoms with E-state index in [1.54, 1.807) is 30.4 Å². The number of carbonyl (C=O) groups excluding carboxylic acids is 2. The SMILES string of the molecule is CCCCCCCOC(=O)Cc1cnc2c(c1)C(=O)N(C)c1cccnc1N2CC. The van der Waals surface area contributed by atoms with Crippen LogP contribution in [0.1, 0.15) is 61.9 Å². The number of hydrogen-bond acceptors (Lipinski definition) is 6. The van der Waals surface area contributed by atoms with Crippen LogP contribution in [0.15, 0.2) is 30.6 Å². The Morgan fingerprint density at radius 2 is 1.90 bits per heavy atom. The number of aromatic nitrogens is 2. The molecular formula is C23H30N4O3. The molecule has 3 heterocycles. The molecule has 0 saturated heterocycles. The van der Waals surface area contributed by atoms with E-state index in [-0.39, 0.29) is 18.3 Å². The number of esters is 1. The summed E-state index contributed by atoms with van der Waals surface area (Å²) < 4.78 is 5.35. The van der Waals surface area contributed by atoms with Crippen molar-refractivity contribution < 1.29 is 14.3 Å². The zero-order chi connectivity index (χ0) is 21.5. The van der Waals surface area contributed by atoms with Gasteiger partial charge in [0, 0.05) is 26.0 Å². The summed E-state index contributed by atoms with van der Waals surface area (Å²) in [5.41, 5.74) is 1.86. The summed E-state index contributed by atoms with van der Waals surface area (Å²) in [4.78, 5) is 37.8. The molecule has 7 nitrogen and oxygen atoms in total. The third-order valence-electron chi connectivity index (χ3n) is 5.27. The molecule has 0 spiro atoms. The van der Waals surface area contributed by atoms with Gasteiger partial charge in [-0.05, 0) is 37.1 Å². The lowest BCUT2D eigenvalue weighted by Gasteiger charge is -2.22. The molecule has 2 aromatic heterocycles. The Morgan fingerprint density at radius 1 is 1.10 bits per heavy atom. The van der Waals surface area contributed by atoms with Gasteiger partial charge in [-0.15, -0.1) is 0 Å². The quantitative estimate of drug-likeness (QED) is 0.454. The van der Waals surface area contributed by atoms with Gasteiger partial charge in [-0.2, -0.15) is 0 Å². The van der Waals surface area contributed by atoms with E-state index in [2.05, 4.69) is 16.9 Å². The number of fused-ring (bicyclic) bond motifs is 2. The highest BCUT2D eigenvalue weighted by Gasteiger charge is 2.30. The highest BCUT2D eigenvalue weighted by molar-refractivity contribution is 6.12. The summed E-state index contributed by atoms with van der Waals surface area (Å²) in [5.74, 6) is 0.782. The van der Waals surface area contributed by atoms with Crippen LogP contribution in [0.3, 0.4) is 0 Å². The molecule has 160 valence electrons. The van der Waals surface area contributed by atoms with Crippen molar-refractivity contribution in [3.63, 3.8) is 0 Å². The maximum Gasteiger partial charge on any atom is 0.310 e. The summed E-state index contributed by atoms with van der Waals surface area (Å²) in [5, 5.41) is 0. The first kappa shape index (κ1) is 21.7. The average Bonchev–Trinajstić information content (AvgIpc) is 2.84. The van der Waals surface area contributed by atoms with Gasteiger partial charge in [-0.1, -0.05) is 32.6 Å². The van der Waals surface area contributed by atoms with Gasteiger partial charge in [0.1, 0.15) is 5.82 Å². The van der Waals surface area contributed by atoms with Gasteiger partial charge in [0.2, 0.25) is 0 Å². The van der Waals surface area contributed by atoms with Crippen molar-refractivity contribution in [3.05, 3.63) is 41.7 Å². The maximum atomic E-state index is 13.1. The number of unbranched alkanes of at least 4 members (excludes halogenated alkanes) is 4. The van der Waals surface area contributed by atoms with Crippen LogP contribution in [0.4, 0.5) is 17.3 Å². The normalized spacial score (nSPS) is 13.0. The molecule has 0 atom stereocenters. The summed E-state index contributed by atoms with van der Waals surface area (Å²) in [6.07, 6.45) is 8.98. The zero-order valence-corrected chi connectivity index (χ0v) is 18.1. The molecule has 0 bridgehead atoms. The van der Waals surface area contributed by atoms with E-state index < -0.39 is 0 Å². The Balaban J connectivity index is 1.73. The van der Waals surface area contributed by atoms with Crippen LogP contribution in [0.2, 0.25) is 0 Å². The van der Waals surface area contributed by atoms with Crippen molar-refractivity contribution in [1.82, 2.24) is 9.97 Å². The lowest BCUT2D eigenvalue weighted by Crippen LogP contribution is -2.25. The van der Waals surface area contributed by atoms with E-state index in [1.165, 1.54) is 19.3 Å². The fourth-order valence-electron chi connectivity index (χ4n) is 3.63. The fourth-order valence-corrected chi connectivity index (χ4v) is 3.63. The zero-order valence-electron chi connectivity index (χ0n) is 18.1. The Kier molecular flexibility index (Phi) is 7.38. The first-order chi connectivity index (χ1) is 14.6. The lowest BCUT2D eigenvalue weighted by molar-refractivity contribution is -0.142. The topological polar surface area (TPSA) is 75.6 Å². The standard InChI is InChI=1S/C23H30N4O3/c1-4-6-7-8-9-13-30-20(28)15-17-14-18-21(25-16-17)27(5-2)22-19(11-10-12-24-22)26(3)23(18)29/h10-12,14,16H,4-9,13,15H2,1-3H3. The van der Waals surface area contributed by atoms with Crippen LogP contribution in [0.25, 0.3) is 0 Å². The molecule has 0 unspecified atom stereocenters. The molecule has 0 fully saturated rings. The van der Waals surface area contributed by atoms with Crippen molar-refractivity contribution >= 4 is 29.2 Å². The van der Waals surface area contributed by atoms with Gasteiger partial charge in [-0.3, -0.25) is 9.59 Å². The number of amides is 1. The molecule has 3 rings (SSSR count). The smallest absolute Gasteiger partial charge is 0.310 e. The number of rotatable bonds is 9. The van der Waals surface area contributed by atoms with Gasteiger partial charge in [0.25, 0.3) is 5.91 Å². The highest BCUT2D eigenvalue weighted by atomic mass is 16.5. The minimum Gasteiger partial charge on any atom is -0.465 e. The number of nitrogens with zero attached hydrogens (tertiary/aromatic N) is 4. The summed E-state index contributed by atoms with van der Waals surface area (Å²) in [6.45, 7) is 5.22.